The van der Waals surface area contributed by atoms with Crippen LogP contribution in [0, 0.1) is 6.92 Å². The fourth-order valence-corrected chi connectivity index (χ4v) is 2.52. The number of benzene rings is 2. The van der Waals surface area contributed by atoms with Gasteiger partial charge >= 0.3 is 0 Å². The van der Waals surface area contributed by atoms with Crippen LogP contribution in [0.5, 0.6) is 0 Å². The fraction of sp³-hybridized carbons (Fsp3) is 0.294. The van der Waals surface area contributed by atoms with Crippen LogP contribution in [0.1, 0.15) is 23.6 Å². The SMILES string of the molecule is Cc1ccc(CNC(C)Cc2ccccc2Cl)cc1Cl. The lowest BCUT2D eigenvalue weighted by Crippen LogP contribution is -2.27. The first-order valence-corrected chi connectivity index (χ1v) is 7.53. The summed E-state index contributed by atoms with van der Waals surface area (Å²) >= 11 is 12.3. The molecule has 2 rings (SSSR count). The van der Waals surface area contributed by atoms with Crippen molar-refractivity contribution in [2.45, 2.75) is 32.9 Å². The summed E-state index contributed by atoms with van der Waals surface area (Å²) in [7, 11) is 0. The first-order chi connectivity index (χ1) is 9.56. The highest BCUT2D eigenvalue weighted by Crippen LogP contribution is 2.18. The number of halogens is 2. The van der Waals surface area contributed by atoms with Gasteiger partial charge in [-0.25, -0.2) is 0 Å². The third-order valence-electron chi connectivity index (χ3n) is 3.37. The van der Waals surface area contributed by atoms with Crippen molar-refractivity contribution in [3.8, 4) is 0 Å². The Kier molecular flexibility index (Phi) is 5.47. The molecule has 0 heterocycles. The normalized spacial score (nSPS) is 12.4. The average Bonchev–Trinajstić information content (AvgIpc) is 2.43. The minimum atomic E-state index is 0.356. The van der Waals surface area contributed by atoms with Gasteiger partial charge in [-0.2, -0.15) is 0 Å². The molecule has 0 radical (unpaired) electrons. The van der Waals surface area contributed by atoms with Crippen LogP contribution in [-0.4, -0.2) is 6.04 Å². The van der Waals surface area contributed by atoms with E-state index in [0.29, 0.717) is 6.04 Å². The van der Waals surface area contributed by atoms with E-state index < -0.39 is 0 Å². The lowest BCUT2D eigenvalue weighted by molar-refractivity contribution is 0.545. The van der Waals surface area contributed by atoms with Crippen molar-refractivity contribution in [3.63, 3.8) is 0 Å². The van der Waals surface area contributed by atoms with Gasteiger partial charge in [0.2, 0.25) is 0 Å². The van der Waals surface area contributed by atoms with Crippen LogP contribution >= 0.6 is 23.2 Å². The predicted octanol–water partition coefficient (Wildman–Crippen LogP) is 5.02. The summed E-state index contributed by atoms with van der Waals surface area (Å²) in [5, 5.41) is 5.16. The van der Waals surface area contributed by atoms with E-state index in [-0.39, 0.29) is 0 Å². The zero-order valence-electron chi connectivity index (χ0n) is 11.8. The summed E-state index contributed by atoms with van der Waals surface area (Å²) in [6, 6.07) is 14.5. The van der Waals surface area contributed by atoms with E-state index in [4.69, 9.17) is 23.2 Å². The van der Waals surface area contributed by atoms with Crippen LogP contribution in [0.2, 0.25) is 10.0 Å². The monoisotopic (exact) mass is 307 g/mol. The highest BCUT2D eigenvalue weighted by molar-refractivity contribution is 6.31. The molecule has 3 heteroatoms. The Balaban J connectivity index is 1.90. The Morgan fingerprint density at radius 2 is 1.80 bits per heavy atom. The highest BCUT2D eigenvalue weighted by atomic mass is 35.5. The molecule has 0 aliphatic rings. The van der Waals surface area contributed by atoms with Crippen molar-refractivity contribution in [2.24, 2.45) is 0 Å². The average molecular weight is 308 g/mol. The molecule has 0 aliphatic heterocycles. The van der Waals surface area contributed by atoms with Crippen LogP contribution in [0.15, 0.2) is 42.5 Å². The van der Waals surface area contributed by atoms with Gasteiger partial charge in [-0.3, -0.25) is 0 Å². The quantitative estimate of drug-likeness (QED) is 0.817. The lowest BCUT2D eigenvalue weighted by atomic mass is 10.1. The van der Waals surface area contributed by atoms with Crippen molar-refractivity contribution in [1.82, 2.24) is 5.32 Å². The summed E-state index contributed by atoms with van der Waals surface area (Å²) in [6.45, 7) is 4.99. The first-order valence-electron chi connectivity index (χ1n) is 6.78. The minimum Gasteiger partial charge on any atom is -0.310 e. The van der Waals surface area contributed by atoms with Gasteiger partial charge in [-0.15, -0.1) is 0 Å². The van der Waals surface area contributed by atoms with Crippen molar-refractivity contribution in [2.75, 3.05) is 0 Å². The fourth-order valence-electron chi connectivity index (χ4n) is 2.10. The number of hydrogen-bond acceptors (Lipinski definition) is 1. The third kappa shape index (κ3) is 4.24. The van der Waals surface area contributed by atoms with E-state index in [1.807, 2.05) is 31.2 Å². The second-order valence-corrected chi connectivity index (χ2v) is 5.98. The summed E-state index contributed by atoms with van der Waals surface area (Å²) in [6.07, 6.45) is 0.916. The molecule has 1 unspecified atom stereocenters. The summed E-state index contributed by atoms with van der Waals surface area (Å²) < 4.78 is 0. The molecule has 0 spiro atoms. The largest absolute Gasteiger partial charge is 0.310 e. The Bertz CT molecular complexity index is 581. The molecule has 0 aliphatic carbocycles. The van der Waals surface area contributed by atoms with Gasteiger partial charge in [-0.05, 0) is 49.1 Å². The second kappa shape index (κ2) is 7.12. The highest BCUT2D eigenvalue weighted by Gasteiger charge is 2.06. The predicted molar refractivity (Wildman–Crippen MR) is 87.6 cm³/mol. The second-order valence-electron chi connectivity index (χ2n) is 5.16. The molecule has 1 nitrogen and oxygen atoms in total. The van der Waals surface area contributed by atoms with Gasteiger partial charge in [0.25, 0.3) is 0 Å². The van der Waals surface area contributed by atoms with Gasteiger partial charge in [0.1, 0.15) is 0 Å². The molecule has 2 aromatic rings. The Hall–Kier alpha value is -1.02. The molecule has 0 aromatic heterocycles. The van der Waals surface area contributed by atoms with E-state index in [1.54, 1.807) is 0 Å². The minimum absolute atomic E-state index is 0.356. The Labute approximate surface area is 130 Å². The Morgan fingerprint density at radius 3 is 2.50 bits per heavy atom. The number of hydrogen-bond donors (Lipinski definition) is 1. The van der Waals surface area contributed by atoms with Gasteiger partial charge in [-0.1, -0.05) is 53.5 Å². The molecule has 106 valence electrons. The van der Waals surface area contributed by atoms with E-state index >= 15 is 0 Å². The zero-order valence-corrected chi connectivity index (χ0v) is 13.3. The number of aryl methyl sites for hydroxylation is 1. The van der Waals surface area contributed by atoms with Crippen LogP contribution in [0.4, 0.5) is 0 Å². The molecule has 0 saturated carbocycles. The number of nitrogens with one attached hydrogen (secondary N) is 1. The molecule has 0 bridgehead atoms. The molecule has 0 saturated heterocycles. The van der Waals surface area contributed by atoms with E-state index in [0.717, 1.165) is 28.6 Å². The third-order valence-corrected chi connectivity index (χ3v) is 4.15. The van der Waals surface area contributed by atoms with E-state index in [9.17, 15) is 0 Å². The maximum Gasteiger partial charge on any atom is 0.0438 e. The van der Waals surface area contributed by atoms with Crippen LogP contribution in [0.25, 0.3) is 0 Å². The molecular formula is C17H19Cl2N. The van der Waals surface area contributed by atoms with Crippen molar-refractivity contribution < 1.29 is 0 Å². The first kappa shape index (κ1) is 15.4. The molecular weight excluding hydrogens is 289 g/mol. The molecule has 1 N–H and O–H groups in total. The zero-order chi connectivity index (χ0) is 14.5. The van der Waals surface area contributed by atoms with Crippen LogP contribution < -0.4 is 5.32 Å². The van der Waals surface area contributed by atoms with Gasteiger partial charge in [0.15, 0.2) is 0 Å². The summed E-state index contributed by atoms with van der Waals surface area (Å²) in [5.74, 6) is 0. The topological polar surface area (TPSA) is 12.0 Å². The Morgan fingerprint density at radius 1 is 1.05 bits per heavy atom. The van der Waals surface area contributed by atoms with Crippen molar-refractivity contribution in [3.05, 3.63) is 69.2 Å². The summed E-state index contributed by atoms with van der Waals surface area (Å²) in [4.78, 5) is 0. The smallest absolute Gasteiger partial charge is 0.0438 e. The van der Waals surface area contributed by atoms with Crippen molar-refractivity contribution >= 4 is 23.2 Å². The maximum absolute atomic E-state index is 6.18. The molecule has 0 fully saturated rings. The van der Waals surface area contributed by atoms with Crippen molar-refractivity contribution in [1.29, 1.82) is 0 Å². The van der Waals surface area contributed by atoms with Gasteiger partial charge < -0.3 is 5.32 Å². The van der Waals surface area contributed by atoms with E-state index in [1.165, 1.54) is 11.1 Å². The van der Waals surface area contributed by atoms with E-state index in [2.05, 4.69) is 30.4 Å². The molecule has 2 aromatic carbocycles. The standard InChI is InChI=1S/C17H19Cl2N/c1-12-7-8-14(10-17(12)19)11-20-13(2)9-15-5-3-4-6-16(15)18/h3-8,10,13,20H,9,11H2,1-2H3. The maximum atomic E-state index is 6.18. The van der Waals surface area contributed by atoms with Crippen LogP contribution in [-0.2, 0) is 13.0 Å². The lowest BCUT2D eigenvalue weighted by Gasteiger charge is -2.15. The van der Waals surface area contributed by atoms with Crippen LogP contribution in [0.3, 0.4) is 0 Å². The molecule has 1 atom stereocenters. The molecule has 0 amide bonds. The summed E-state index contributed by atoms with van der Waals surface area (Å²) in [5.41, 5.74) is 3.49. The molecule has 20 heavy (non-hydrogen) atoms. The van der Waals surface area contributed by atoms with Gasteiger partial charge in [0, 0.05) is 22.6 Å². The number of rotatable bonds is 5. The van der Waals surface area contributed by atoms with Gasteiger partial charge in [0.05, 0.1) is 0 Å².